The molecule has 20 heavy (non-hydrogen) atoms. The first-order chi connectivity index (χ1) is 9.49. The van der Waals surface area contributed by atoms with Crippen LogP contribution in [0, 0.1) is 4.77 Å². The highest BCUT2D eigenvalue weighted by molar-refractivity contribution is 7.71. The molecule has 0 aliphatic carbocycles. The van der Waals surface area contributed by atoms with Crippen molar-refractivity contribution in [2.24, 2.45) is 0 Å². The van der Waals surface area contributed by atoms with Crippen molar-refractivity contribution in [3.05, 3.63) is 33.8 Å². The van der Waals surface area contributed by atoms with E-state index in [1.54, 1.807) is 20.3 Å². The zero-order valence-electron chi connectivity index (χ0n) is 11.9. The number of imidazole rings is 1. The monoisotopic (exact) mass is 312 g/mol. The molecule has 1 heterocycles. The van der Waals surface area contributed by atoms with Crippen LogP contribution in [0.25, 0.3) is 5.69 Å². The fraction of sp³-hybridized carbons (Fsp3) is 0.357. The Morgan fingerprint density at radius 3 is 2.40 bits per heavy atom. The molecule has 0 bridgehead atoms. The zero-order valence-corrected chi connectivity index (χ0v) is 13.4. The molecule has 0 amide bonds. The van der Waals surface area contributed by atoms with Crippen molar-refractivity contribution in [2.45, 2.75) is 19.8 Å². The second-order valence-corrected chi connectivity index (χ2v) is 5.46. The molecule has 1 N–H and O–H groups in total. The van der Waals surface area contributed by atoms with Gasteiger partial charge >= 0.3 is 0 Å². The summed E-state index contributed by atoms with van der Waals surface area (Å²) in [5, 5.41) is 0.501. The van der Waals surface area contributed by atoms with Gasteiger partial charge in [-0.2, -0.15) is 0 Å². The number of rotatable bonds is 4. The van der Waals surface area contributed by atoms with Crippen molar-refractivity contribution in [1.29, 1.82) is 0 Å². The van der Waals surface area contributed by atoms with Crippen LogP contribution in [0.3, 0.4) is 0 Å². The van der Waals surface area contributed by atoms with E-state index in [0.717, 1.165) is 11.4 Å². The topological polar surface area (TPSA) is 39.2 Å². The summed E-state index contributed by atoms with van der Waals surface area (Å²) in [6.07, 6.45) is 1.91. The number of nitrogens with zero attached hydrogens (tertiary/aromatic N) is 1. The van der Waals surface area contributed by atoms with Gasteiger partial charge in [-0.25, -0.2) is 0 Å². The number of H-pyrrole nitrogens is 1. The quantitative estimate of drug-likeness (QED) is 0.854. The predicted molar refractivity (Wildman–Crippen MR) is 83.2 cm³/mol. The molecule has 0 saturated carbocycles. The summed E-state index contributed by atoms with van der Waals surface area (Å²) in [6.45, 7) is 4.21. The highest BCUT2D eigenvalue weighted by Crippen LogP contribution is 2.36. The lowest BCUT2D eigenvalue weighted by atomic mass is 10.1. The zero-order chi connectivity index (χ0) is 14.9. The number of hydrogen-bond donors (Lipinski definition) is 1. The summed E-state index contributed by atoms with van der Waals surface area (Å²) in [6, 6.07) is 3.56. The third-order valence-corrected chi connectivity index (χ3v) is 3.69. The molecule has 0 fully saturated rings. The molecular formula is C14H17ClN2O2S. The Bertz CT molecular complexity index is 676. The maximum Gasteiger partial charge on any atom is 0.182 e. The standard InChI is InChI=1S/C14H17ClN2O2S/c1-8(2)11-7-16-14(20)17(11)10-6-12(18-3)9(15)5-13(10)19-4/h5-8H,1-4H3,(H,16,20). The van der Waals surface area contributed by atoms with Crippen LogP contribution in [-0.4, -0.2) is 23.8 Å². The molecule has 2 aromatic rings. The van der Waals surface area contributed by atoms with Gasteiger partial charge in [0, 0.05) is 24.0 Å². The minimum atomic E-state index is 0.314. The van der Waals surface area contributed by atoms with Crippen molar-refractivity contribution >= 4 is 23.8 Å². The number of benzene rings is 1. The SMILES string of the molecule is COc1cc(-n2c(C(C)C)c[nH]c2=S)c(OC)cc1Cl. The van der Waals surface area contributed by atoms with Crippen molar-refractivity contribution < 1.29 is 9.47 Å². The van der Waals surface area contributed by atoms with E-state index in [9.17, 15) is 0 Å². The Hall–Kier alpha value is -1.46. The smallest absolute Gasteiger partial charge is 0.182 e. The Morgan fingerprint density at radius 1 is 1.20 bits per heavy atom. The largest absolute Gasteiger partial charge is 0.495 e. The predicted octanol–water partition coefficient (Wildman–Crippen LogP) is 4.33. The van der Waals surface area contributed by atoms with Crippen LogP contribution in [0.5, 0.6) is 11.5 Å². The summed E-state index contributed by atoms with van der Waals surface area (Å²) in [5.74, 6) is 1.54. The molecule has 0 radical (unpaired) electrons. The maximum atomic E-state index is 6.14. The molecule has 1 aromatic heterocycles. The third-order valence-electron chi connectivity index (χ3n) is 3.09. The van der Waals surface area contributed by atoms with Crippen LogP contribution in [-0.2, 0) is 0 Å². The van der Waals surface area contributed by atoms with Crippen LogP contribution >= 0.6 is 23.8 Å². The van der Waals surface area contributed by atoms with E-state index in [0.29, 0.717) is 27.2 Å². The summed E-state index contributed by atoms with van der Waals surface area (Å²) < 4.78 is 13.2. The van der Waals surface area contributed by atoms with Crippen molar-refractivity contribution in [2.75, 3.05) is 14.2 Å². The van der Waals surface area contributed by atoms with E-state index in [4.69, 9.17) is 33.3 Å². The van der Waals surface area contributed by atoms with E-state index >= 15 is 0 Å². The average molecular weight is 313 g/mol. The van der Waals surface area contributed by atoms with E-state index in [2.05, 4.69) is 18.8 Å². The Kier molecular flexibility index (Phi) is 4.40. The molecule has 4 nitrogen and oxygen atoms in total. The fourth-order valence-electron chi connectivity index (χ4n) is 2.07. The van der Waals surface area contributed by atoms with Gasteiger partial charge in [0.15, 0.2) is 4.77 Å². The lowest BCUT2D eigenvalue weighted by Crippen LogP contribution is -2.04. The molecule has 0 aliphatic rings. The van der Waals surface area contributed by atoms with Gasteiger partial charge in [0.05, 0.1) is 24.9 Å². The van der Waals surface area contributed by atoms with Crippen LogP contribution in [0.4, 0.5) is 0 Å². The molecule has 6 heteroatoms. The van der Waals surface area contributed by atoms with Gasteiger partial charge in [0.1, 0.15) is 11.5 Å². The number of ether oxygens (including phenoxy) is 2. The van der Waals surface area contributed by atoms with E-state index in [-0.39, 0.29) is 0 Å². The molecule has 0 spiro atoms. The fourth-order valence-corrected chi connectivity index (χ4v) is 2.57. The first-order valence-electron chi connectivity index (χ1n) is 6.21. The average Bonchev–Trinajstić information content (AvgIpc) is 2.80. The molecule has 0 saturated heterocycles. The molecule has 1 aromatic carbocycles. The number of halogens is 1. The summed E-state index contributed by atoms with van der Waals surface area (Å²) >= 11 is 11.5. The van der Waals surface area contributed by atoms with Gasteiger partial charge < -0.3 is 14.5 Å². The molecule has 2 rings (SSSR count). The van der Waals surface area contributed by atoms with Gasteiger partial charge in [-0.05, 0) is 18.1 Å². The van der Waals surface area contributed by atoms with Crippen LogP contribution < -0.4 is 9.47 Å². The lowest BCUT2D eigenvalue weighted by Gasteiger charge is -2.16. The highest BCUT2D eigenvalue weighted by atomic mass is 35.5. The van der Waals surface area contributed by atoms with Crippen molar-refractivity contribution in [3.8, 4) is 17.2 Å². The molecule has 0 unspecified atom stereocenters. The minimum absolute atomic E-state index is 0.314. The Morgan fingerprint density at radius 2 is 1.85 bits per heavy atom. The number of aromatic amines is 1. The minimum Gasteiger partial charge on any atom is -0.495 e. The van der Waals surface area contributed by atoms with Gasteiger partial charge in [0.2, 0.25) is 0 Å². The summed E-state index contributed by atoms with van der Waals surface area (Å²) in [4.78, 5) is 3.07. The second-order valence-electron chi connectivity index (χ2n) is 4.67. The van der Waals surface area contributed by atoms with Gasteiger partial charge in [0.25, 0.3) is 0 Å². The van der Waals surface area contributed by atoms with Gasteiger partial charge in [-0.15, -0.1) is 0 Å². The number of hydrogen-bond acceptors (Lipinski definition) is 3. The molecule has 108 valence electrons. The van der Waals surface area contributed by atoms with Crippen LogP contribution in [0.15, 0.2) is 18.3 Å². The van der Waals surface area contributed by atoms with E-state index in [1.807, 2.05) is 16.8 Å². The van der Waals surface area contributed by atoms with Crippen molar-refractivity contribution in [1.82, 2.24) is 9.55 Å². The number of methoxy groups -OCH3 is 2. The molecule has 0 aliphatic heterocycles. The highest BCUT2D eigenvalue weighted by Gasteiger charge is 2.16. The third kappa shape index (κ3) is 2.55. The van der Waals surface area contributed by atoms with E-state index < -0.39 is 0 Å². The number of nitrogens with one attached hydrogen (secondary N) is 1. The van der Waals surface area contributed by atoms with Gasteiger partial charge in [-0.1, -0.05) is 25.4 Å². The van der Waals surface area contributed by atoms with Gasteiger partial charge in [-0.3, -0.25) is 4.57 Å². The first-order valence-corrected chi connectivity index (χ1v) is 7.00. The van der Waals surface area contributed by atoms with Crippen LogP contribution in [0.1, 0.15) is 25.5 Å². The number of aromatic nitrogens is 2. The first kappa shape index (κ1) is 14.9. The Balaban J connectivity index is 2.75. The summed E-state index contributed by atoms with van der Waals surface area (Å²) in [5.41, 5.74) is 1.88. The Labute approximate surface area is 128 Å². The molecular weight excluding hydrogens is 296 g/mol. The summed E-state index contributed by atoms with van der Waals surface area (Å²) in [7, 11) is 3.18. The normalized spacial score (nSPS) is 10.9. The maximum absolute atomic E-state index is 6.14. The molecule has 0 atom stereocenters. The lowest BCUT2D eigenvalue weighted by molar-refractivity contribution is 0.401. The van der Waals surface area contributed by atoms with Crippen LogP contribution in [0.2, 0.25) is 5.02 Å². The van der Waals surface area contributed by atoms with Crippen molar-refractivity contribution in [3.63, 3.8) is 0 Å². The van der Waals surface area contributed by atoms with E-state index in [1.165, 1.54) is 0 Å². The second kappa shape index (κ2) is 5.89.